The zero-order valence-corrected chi connectivity index (χ0v) is 15.4. The summed E-state index contributed by atoms with van der Waals surface area (Å²) in [6.07, 6.45) is 4.53. The molecule has 0 spiro atoms. The molecule has 5 nitrogen and oxygen atoms in total. The topological polar surface area (TPSA) is 51.0 Å². The second-order valence-electron chi connectivity index (χ2n) is 6.31. The molecule has 0 bridgehead atoms. The second-order valence-corrected chi connectivity index (χ2v) is 7.29. The standard InChI is InChI=1S/C18H24N4OS/c1-13-6-7-15(14(2)11-13)22-17(12-21-9-4-5-18(21)23)19-16(20-22)8-10-24-3/h6-7,11H,4-5,8-10,12H2,1-3H3. The molecule has 0 unspecified atom stereocenters. The monoisotopic (exact) mass is 344 g/mol. The van der Waals surface area contributed by atoms with E-state index < -0.39 is 0 Å². The number of carbonyl (C=O) groups excluding carboxylic acids is 1. The van der Waals surface area contributed by atoms with E-state index in [1.54, 1.807) is 11.8 Å². The molecule has 6 heteroatoms. The van der Waals surface area contributed by atoms with Crippen LogP contribution in [0.25, 0.3) is 5.69 Å². The summed E-state index contributed by atoms with van der Waals surface area (Å²) in [7, 11) is 0. The number of likely N-dealkylation sites (tertiary alicyclic amines) is 1. The predicted octanol–water partition coefficient (Wildman–Crippen LogP) is 2.91. The van der Waals surface area contributed by atoms with E-state index in [1.165, 1.54) is 11.1 Å². The molecule has 1 amide bonds. The van der Waals surface area contributed by atoms with Crippen molar-refractivity contribution < 1.29 is 4.79 Å². The highest BCUT2D eigenvalue weighted by Crippen LogP contribution is 2.20. The van der Waals surface area contributed by atoms with Crippen molar-refractivity contribution in [2.24, 2.45) is 0 Å². The number of carbonyl (C=O) groups is 1. The quantitative estimate of drug-likeness (QED) is 0.808. The number of thioether (sulfide) groups is 1. The fourth-order valence-corrected chi connectivity index (χ4v) is 3.46. The Bertz CT molecular complexity index is 741. The minimum atomic E-state index is 0.218. The molecule has 2 heterocycles. The van der Waals surface area contributed by atoms with Gasteiger partial charge in [0.1, 0.15) is 0 Å². The average Bonchev–Trinajstić information content (AvgIpc) is 3.13. The van der Waals surface area contributed by atoms with E-state index in [1.807, 2.05) is 9.58 Å². The molecule has 24 heavy (non-hydrogen) atoms. The summed E-state index contributed by atoms with van der Waals surface area (Å²) in [5.41, 5.74) is 3.45. The first kappa shape index (κ1) is 17.0. The molecule has 0 saturated carbocycles. The van der Waals surface area contributed by atoms with Gasteiger partial charge < -0.3 is 4.90 Å². The molecule has 1 saturated heterocycles. The molecule has 128 valence electrons. The maximum atomic E-state index is 12.0. The minimum Gasteiger partial charge on any atom is -0.335 e. The lowest BCUT2D eigenvalue weighted by Gasteiger charge is -2.16. The molecule has 1 aliphatic heterocycles. The largest absolute Gasteiger partial charge is 0.335 e. The number of hydrogen-bond acceptors (Lipinski definition) is 4. The van der Waals surface area contributed by atoms with Gasteiger partial charge >= 0.3 is 0 Å². The van der Waals surface area contributed by atoms with Gasteiger partial charge in [0.2, 0.25) is 5.91 Å². The Hall–Kier alpha value is -1.82. The van der Waals surface area contributed by atoms with Gasteiger partial charge in [0.05, 0.1) is 12.2 Å². The van der Waals surface area contributed by atoms with Gasteiger partial charge in [-0.3, -0.25) is 4.79 Å². The van der Waals surface area contributed by atoms with E-state index in [4.69, 9.17) is 10.1 Å². The third kappa shape index (κ3) is 3.64. The van der Waals surface area contributed by atoms with Crippen LogP contribution in [0.3, 0.4) is 0 Å². The van der Waals surface area contributed by atoms with Crippen LogP contribution < -0.4 is 0 Å². The zero-order chi connectivity index (χ0) is 17.1. The number of amides is 1. The fraction of sp³-hybridized carbons (Fsp3) is 0.500. The van der Waals surface area contributed by atoms with Crippen molar-refractivity contribution in [1.82, 2.24) is 19.7 Å². The van der Waals surface area contributed by atoms with Gasteiger partial charge in [-0.25, -0.2) is 9.67 Å². The van der Waals surface area contributed by atoms with Crippen LogP contribution >= 0.6 is 11.8 Å². The van der Waals surface area contributed by atoms with Crippen molar-refractivity contribution in [3.63, 3.8) is 0 Å². The van der Waals surface area contributed by atoms with E-state index in [0.717, 1.165) is 42.5 Å². The smallest absolute Gasteiger partial charge is 0.223 e. The van der Waals surface area contributed by atoms with Crippen LogP contribution in [0.1, 0.15) is 35.6 Å². The third-order valence-electron chi connectivity index (χ3n) is 4.33. The summed E-state index contributed by atoms with van der Waals surface area (Å²) in [5, 5.41) is 4.73. The van der Waals surface area contributed by atoms with Crippen molar-refractivity contribution in [2.75, 3.05) is 18.6 Å². The molecule has 2 aromatic rings. The Labute approximate surface area is 147 Å². The van der Waals surface area contributed by atoms with Crippen LogP contribution in [0, 0.1) is 13.8 Å². The molecule has 1 fully saturated rings. The molecular formula is C18H24N4OS. The van der Waals surface area contributed by atoms with Crippen LogP contribution in [0.15, 0.2) is 18.2 Å². The van der Waals surface area contributed by atoms with Gasteiger partial charge in [-0.05, 0) is 38.2 Å². The highest BCUT2D eigenvalue weighted by Gasteiger charge is 2.23. The zero-order valence-electron chi connectivity index (χ0n) is 14.6. The number of nitrogens with zero attached hydrogens (tertiary/aromatic N) is 4. The van der Waals surface area contributed by atoms with Crippen molar-refractivity contribution >= 4 is 17.7 Å². The second kappa shape index (κ2) is 7.38. The predicted molar refractivity (Wildman–Crippen MR) is 97.6 cm³/mol. The number of hydrogen-bond donors (Lipinski definition) is 0. The Balaban J connectivity index is 1.95. The highest BCUT2D eigenvalue weighted by molar-refractivity contribution is 7.98. The lowest BCUT2D eigenvalue weighted by molar-refractivity contribution is -0.128. The normalized spacial score (nSPS) is 14.6. The maximum absolute atomic E-state index is 12.0. The van der Waals surface area contributed by atoms with Gasteiger partial charge in [-0.15, -0.1) is 0 Å². The summed E-state index contributed by atoms with van der Waals surface area (Å²) in [6.45, 7) is 5.54. The highest BCUT2D eigenvalue weighted by atomic mass is 32.2. The molecule has 1 aliphatic rings. The van der Waals surface area contributed by atoms with Gasteiger partial charge in [0, 0.05) is 25.1 Å². The fourth-order valence-electron chi connectivity index (χ4n) is 3.07. The molecule has 0 radical (unpaired) electrons. The lowest BCUT2D eigenvalue weighted by atomic mass is 10.1. The average molecular weight is 344 g/mol. The molecule has 0 aliphatic carbocycles. The summed E-state index contributed by atoms with van der Waals surface area (Å²) in [6, 6.07) is 6.34. The number of benzene rings is 1. The van der Waals surface area contributed by atoms with Crippen LogP contribution in [-0.2, 0) is 17.8 Å². The number of rotatable bonds is 6. The molecule has 3 rings (SSSR count). The van der Waals surface area contributed by atoms with Gasteiger partial charge in [0.25, 0.3) is 0 Å². The van der Waals surface area contributed by atoms with Gasteiger partial charge in [-0.1, -0.05) is 17.7 Å². The third-order valence-corrected chi connectivity index (χ3v) is 4.94. The summed E-state index contributed by atoms with van der Waals surface area (Å²) < 4.78 is 1.93. The maximum Gasteiger partial charge on any atom is 0.223 e. The molecule has 1 aromatic carbocycles. The van der Waals surface area contributed by atoms with Crippen LogP contribution in [0.4, 0.5) is 0 Å². The van der Waals surface area contributed by atoms with E-state index in [-0.39, 0.29) is 5.91 Å². The van der Waals surface area contributed by atoms with Crippen LogP contribution in [-0.4, -0.2) is 44.1 Å². The SMILES string of the molecule is CSCCc1nc(CN2CCCC2=O)n(-c2ccc(C)cc2C)n1. The Kier molecular flexibility index (Phi) is 5.23. The molecular weight excluding hydrogens is 320 g/mol. The Morgan fingerprint density at radius 2 is 2.12 bits per heavy atom. The van der Waals surface area contributed by atoms with Gasteiger partial charge in [-0.2, -0.15) is 16.9 Å². The van der Waals surface area contributed by atoms with E-state index >= 15 is 0 Å². The molecule has 1 aromatic heterocycles. The number of aromatic nitrogens is 3. The summed E-state index contributed by atoms with van der Waals surface area (Å²) >= 11 is 1.79. The van der Waals surface area contributed by atoms with E-state index in [9.17, 15) is 4.79 Å². The first-order valence-electron chi connectivity index (χ1n) is 8.37. The first-order chi connectivity index (χ1) is 11.6. The van der Waals surface area contributed by atoms with Crippen molar-refractivity contribution in [2.45, 2.75) is 39.7 Å². The lowest BCUT2D eigenvalue weighted by Crippen LogP contribution is -2.26. The summed E-state index contributed by atoms with van der Waals surface area (Å²) in [4.78, 5) is 18.6. The van der Waals surface area contributed by atoms with Gasteiger partial charge in [0.15, 0.2) is 11.6 Å². The van der Waals surface area contributed by atoms with Crippen LogP contribution in [0.5, 0.6) is 0 Å². The Morgan fingerprint density at radius 1 is 1.29 bits per heavy atom. The Morgan fingerprint density at radius 3 is 2.79 bits per heavy atom. The van der Waals surface area contributed by atoms with Crippen LogP contribution in [0.2, 0.25) is 0 Å². The van der Waals surface area contributed by atoms with E-state index in [2.05, 4.69) is 38.3 Å². The van der Waals surface area contributed by atoms with Crippen molar-refractivity contribution in [3.05, 3.63) is 41.0 Å². The molecule has 0 N–H and O–H groups in total. The summed E-state index contributed by atoms with van der Waals surface area (Å²) in [5.74, 6) is 2.93. The molecule has 0 atom stereocenters. The first-order valence-corrected chi connectivity index (χ1v) is 9.77. The number of aryl methyl sites for hydroxylation is 3. The minimum absolute atomic E-state index is 0.218. The van der Waals surface area contributed by atoms with E-state index in [0.29, 0.717) is 13.0 Å². The van der Waals surface area contributed by atoms with Crippen molar-refractivity contribution in [1.29, 1.82) is 0 Å². The van der Waals surface area contributed by atoms with Crippen molar-refractivity contribution in [3.8, 4) is 5.69 Å².